The third-order valence-corrected chi connectivity index (χ3v) is 3.79. The van der Waals surface area contributed by atoms with Crippen LogP contribution in [0.2, 0.25) is 0 Å². The molecule has 2 rings (SSSR count). The van der Waals surface area contributed by atoms with Crippen LogP contribution in [-0.2, 0) is 0 Å². The molecule has 0 aliphatic carbocycles. The first-order chi connectivity index (χ1) is 8.78. The fourth-order valence-corrected chi connectivity index (χ4v) is 2.52. The Kier molecular flexibility index (Phi) is 5.08. The minimum Gasteiger partial charge on any atom is -0.370 e. The van der Waals surface area contributed by atoms with E-state index in [1.165, 1.54) is 4.90 Å². The zero-order valence-corrected chi connectivity index (χ0v) is 12.6. The normalized spacial score (nSPS) is 10.3. The second-order valence-corrected chi connectivity index (χ2v) is 5.85. The topological polar surface area (TPSA) is 24.9 Å². The van der Waals surface area contributed by atoms with Crippen molar-refractivity contribution in [1.82, 2.24) is 4.98 Å². The van der Waals surface area contributed by atoms with E-state index in [1.54, 1.807) is 11.8 Å². The number of anilines is 1. The first kappa shape index (κ1) is 13.4. The smallest absolute Gasteiger partial charge is 0.127 e. The Labute approximate surface area is 120 Å². The molecule has 0 saturated heterocycles. The van der Waals surface area contributed by atoms with Gasteiger partial charge in [0.05, 0.1) is 0 Å². The summed E-state index contributed by atoms with van der Waals surface area (Å²) in [6.07, 6.45) is 1.10. The van der Waals surface area contributed by atoms with Crippen LogP contribution in [0.5, 0.6) is 0 Å². The van der Waals surface area contributed by atoms with E-state index in [0.717, 1.165) is 28.3 Å². The molecule has 0 saturated carbocycles. The van der Waals surface area contributed by atoms with Crippen LogP contribution in [0.15, 0.2) is 56.9 Å². The van der Waals surface area contributed by atoms with Gasteiger partial charge in [0.15, 0.2) is 0 Å². The van der Waals surface area contributed by atoms with Crippen molar-refractivity contribution in [2.24, 2.45) is 0 Å². The largest absolute Gasteiger partial charge is 0.370 e. The average Bonchev–Trinajstić information content (AvgIpc) is 2.40. The Balaban J connectivity index is 2.06. The van der Waals surface area contributed by atoms with Crippen LogP contribution < -0.4 is 5.32 Å². The summed E-state index contributed by atoms with van der Waals surface area (Å²) in [6, 6.07) is 14.3. The van der Waals surface area contributed by atoms with Gasteiger partial charge in [0.2, 0.25) is 0 Å². The second kappa shape index (κ2) is 6.81. The van der Waals surface area contributed by atoms with E-state index in [9.17, 15) is 0 Å². The van der Waals surface area contributed by atoms with Crippen LogP contribution >= 0.6 is 27.7 Å². The van der Waals surface area contributed by atoms with Gasteiger partial charge in [-0.05, 0) is 42.8 Å². The molecule has 0 aliphatic rings. The Morgan fingerprint density at radius 2 is 1.94 bits per heavy atom. The standard InChI is InChI=1S/C14H15BrN2S/c1-2-10-16-13-4-3-5-14(17-13)18-12-8-6-11(15)7-9-12/h3-9H,2,10H2,1H3,(H,16,17). The highest BCUT2D eigenvalue weighted by molar-refractivity contribution is 9.10. The molecule has 2 aromatic rings. The number of rotatable bonds is 5. The molecule has 18 heavy (non-hydrogen) atoms. The SMILES string of the molecule is CCCNc1cccc(Sc2ccc(Br)cc2)n1. The molecular weight excluding hydrogens is 308 g/mol. The van der Waals surface area contributed by atoms with Crippen molar-refractivity contribution in [1.29, 1.82) is 0 Å². The Bertz CT molecular complexity index is 499. The number of halogens is 1. The number of hydrogen-bond acceptors (Lipinski definition) is 3. The second-order valence-electron chi connectivity index (χ2n) is 3.84. The molecule has 2 nitrogen and oxygen atoms in total. The Morgan fingerprint density at radius 1 is 1.17 bits per heavy atom. The average molecular weight is 323 g/mol. The highest BCUT2D eigenvalue weighted by Crippen LogP contribution is 2.27. The highest BCUT2D eigenvalue weighted by Gasteiger charge is 2.00. The van der Waals surface area contributed by atoms with E-state index in [4.69, 9.17) is 0 Å². The Morgan fingerprint density at radius 3 is 2.67 bits per heavy atom. The van der Waals surface area contributed by atoms with E-state index in [2.05, 4.69) is 45.3 Å². The maximum absolute atomic E-state index is 4.57. The molecule has 0 amide bonds. The summed E-state index contributed by atoms with van der Waals surface area (Å²) in [4.78, 5) is 5.76. The van der Waals surface area contributed by atoms with Crippen molar-refractivity contribution in [2.45, 2.75) is 23.3 Å². The summed E-state index contributed by atoms with van der Waals surface area (Å²) in [5, 5.41) is 4.31. The van der Waals surface area contributed by atoms with E-state index in [0.29, 0.717) is 0 Å². The van der Waals surface area contributed by atoms with Crippen LogP contribution in [0.1, 0.15) is 13.3 Å². The maximum atomic E-state index is 4.57. The summed E-state index contributed by atoms with van der Waals surface area (Å²) in [5.41, 5.74) is 0. The van der Waals surface area contributed by atoms with Crippen LogP contribution in [0.4, 0.5) is 5.82 Å². The monoisotopic (exact) mass is 322 g/mol. The molecule has 94 valence electrons. The number of pyridine rings is 1. The van der Waals surface area contributed by atoms with Gasteiger partial charge >= 0.3 is 0 Å². The van der Waals surface area contributed by atoms with E-state index in [-0.39, 0.29) is 0 Å². The van der Waals surface area contributed by atoms with Gasteiger partial charge in [-0.25, -0.2) is 4.98 Å². The van der Waals surface area contributed by atoms with Gasteiger partial charge in [-0.15, -0.1) is 0 Å². The molecule has 1 aromatic carbocycles. The third-order valence-electron chi connectivity index (χ3n) is 2.32. The first-order valence-corrected chi connectivity index (χ1v) is 7.53. The third kappa shape index (κ3) is 4.03. The molecule has 0 bridgehead atoms. The molecule has 0 atom stereocenters. The van der Waals surface area contributed by atoms with Gasteiger partial charge in [-0.3, -0.25) is 0 Å². The van der Waals surface area contributed by atoms with Gasteiger partial charge in [-0.1, -0.05) is 40.7 Å². The molecule has 0 fully saturated rings. The van der Waals surface area contributed by atoms with Crippen LogP contribution in [0.3, 0.4) is 0 Å². The fraction of sp³-hybridized carbons (Fsp3) is 0.214. The minimum absolute atomic E-state index is 0.943. The van der Waals surface area contributed by atoms with Crippen molar-refractivity contribution in [3.05, 3.63) is 46.9 Å². The fourth-order valence-electron chi connectivity index (χ4n) is 1.45. The van der Waals surface area contributed by atoms with Crippen molar-refractivity contribution >= 4 is 33.5 Å². The predicted molar refractivity (Wildman–Crippen MR) is 81.3 cm³/mol. The first-order valence-electron chi connectivity index (χ1n) is 5.92. The van der Waals surface area contributed by atoms with Crippen molar-refractivity contribution in [2.75, 3.05) is 11.9 Å². The van der Waals surface area contributed by atoms with E-state index < -0.39 is 0 Å². The van der Waals surface area contributed by atoms with Gasteiger partial charge in [-0.2, -0.15) is 0 Å². The van der Waals surface area contributed by atoms with Gasteiger partial charge in [0.25, 0.3) is 0 Å². The quantitative estimate of drug-likeness (QED) is 0.854. The highest BCUT2D eigenvalue weighted by atomic mass is 79.9. The predicted octanol–water partition coefficient (Wildman–Crippen LogP) is 4.82. The zero-order valence-electron chi connectivity index (χ0n) is 10.2. The van der Waals surface area contributed by atoms with Gasteiger partial charge < -0.3 is 5.32 Å². The van der Waals surface area contributed by atoms with E-state index in [1.807, 2.05) is 30.3 Å². The lowest BCUT2D eigenvalue weighted by Crippen LogP contribution is -2.01. The zero-order chi connectivity index (χ0) is 12.8. The van der Waals surface area contributed by atoms with Crippen molar-refractivity contribution in [3.63, 3.8) is 0 Å². The van der Waals surface area contributed by atoms with Crippen LogP contribution in [-0.4, -0.2) is 11.5 Å². The molecule has 0 radical (unpaired) electrons. The summed E-state index contributed by atoms with van der Waals surface area (Å²) < 4.78 is 1.10. The van der Waals surface area contributed by atoms with Crippen LogP contribution in [0, 0.1) is 0 Å². The van der Waals surface area contributed by atoms with Gasteiger partial charge in [0, 0.05) is 15.9 Å². The maximum Gasteiger partial charge on any atom is 0.127 e. The summed E-state index contributed by atoms with van der Waals surface area (Å²) in [6.45, 7) is 3.10. The van der Waals surface area contributed by atoms with E-state index >= 15 is 0 Å². The Hall–Kier alpha value is -1.00. The lowest BCUT2D eigenvalue weighted by atomic mass is 10.4. The number of nitrogens with zero attached hydrogens (tertiary/aromatic N) is 1. The molecule has 0 unspecified atom stereocenters. The minimum atomic E-state index is 0.943. The number of nitrogens with one attached hydrogen (secondary N) is 1. The molecule has 0 aliphatic heterocycles. The lowest BCUT2D eigenvalue weighted by molar-refractivity contribution is 0.960. The van der Waals surface area contributed by atoms with Crippen molar-refractivity contribution < 1.29 is 0 Å². The summed E-state index contributed by atoms with van der Waals surface area (Å²) in [5.74, 6) is 0.943. The lowest BCUT2D eigenvalue weighted by Gasteiger charge is -2.06. The number of benzene rings is 1. The molecule has 4 heteroatoms. The molecule has 0 spiro atoms. The molecular formula is C14H15BrN2S. The molecule has 1 N–H and O–H groups in total. The molecule has 1 aromatic heterocycles. The van der Waals surface area contributed by atoms with Crippen LogP contribution in [0.25, 0.3) is 0 Å². The number of aromatic nitrogens is 1. The summed E-state index contributed by atoms with van der Waals surface area (Å²) >= 11 is 5.11. The van der Waals surface area contributed by atoms with Crippen molar-refractivity contribution in [3.8, 4) is 0 Å². The summed E-state index contributed by atoms with van der Waals surface area (Å²) in [7, 11) is 0. The van der Waals surface area contributed by atoms with Gasteiger partial charge in [0.1, 0.15) is 10.8 Å². The number of hydrogen-bond donors (Lipinski definition) is 1. The molecule has 1 heterocycles.